The fourth-order valence-electron chi connectivity index (χ4n) is 0.304. The van der Waals surface area contributed by atoms with Gasteiger partial charge in [0.15, 0.2) is 5.83 Å². The predicted octanol–water partition coefficient (Wildman–Crippen LogP) is 0.730. The van der Waals surface area contributed by atoms with Crippen molar-refractivity contribution in [3.8, 4) is 0 Å². The Kier molecular flexibility index (Phi) is 3.65. The molecule has 0 aromatic rings. The monoisotopic (exact) mass is 201 g/mol. The first-order valence-corrected chi connectivity index (χ1v) is 4.01. The molecule has 0 saturated carbocycles. The quantitative estimate of drug-likeness (QED) is 0.499. The maximum absolute atomic E-state index is 11.9. The number of halogens is 3. The lowest BCUT2D eigenvalue weighted by molar-refractivity contribution is 0.380. The van der Waals surface area contributed by atoms with Gasteiger partial charge < -0.3 is 0 Å². The Balaban J connectivity index is 4.71. The topological polar surface area (TPSA) is 63.6 Å². The molecule has 0 amide bonds. The van der Waals surface area contributed by atoms with E-state index in [1.54, 1.807) is 0 Å². The Morgan fingerprint density at radius 1 is 1.33 bits per heavy atom. The number of hydrogen-bond acceptors (Lipinski definition) is 3. The van der Waals surface area contributed by atoms with Crippen molar-refractivity contribution in [2.45, 2.75) is 0 Å². The first kappa shape index (κ1) is 10.9. The minimum absolute atomic E-state index is 0.605. The molecule has 0 heterocycles. The molecule has 0 aliphatic heterocycles. The van der Waals surface area contributed by atoms with Crippen molar-refractivity contribution >= 4 is 16.1 Å². The van der Waals surface area contributed by atoms with E-state index >= 15 is 0 Å². The second-order valence-corrected chi connectivity index (χ2v) is 3.21. The minimum atomic E-state index is -4.49. The molecule has 0 unspecified atom stereocenters. The molecule has 0 aromatic carbocycles. The van der Waals surface area contributed by atoms with Gasteiger partial charge in [0.05, 0.1) is 0 Å². The largest absolute Gasteiger partial charge is 0.302 e. The van der Waals surface area contributed by atoms with Crippen molar-refractivity contribution in [3.05, 3.63) is 11.9 Å². The van der Waals surface area contributed by atoms with Crippen LogP contribution in [0, 0.1) is 0 Å². The number of nitrogens with zero attached hydrogens (tertiary/aromatic N) is 1. The maximum atomic E-state index is 11.9. The van der Waals surface area contributed by atoms with Crippen molar-refractivity contribution in [2.24, 2.45) is 4.40 Å². The summed E-state index contributed by atoms with van der Waals surface area (Å²) in [6, 6.07) is 0. The molecule has 68 valence electrons. The lowest BCUT2D eigenvalue weighted by Crippen LogP contribution is -2.03. The van der Waals surface area contributed by atoms with Gasteiger partial charge in [-0.15, -0.1) is 0 Å². The summed E-state index contributed by atoms with van der Waals surface area (Å²) < 4.78 is 57.3. The SMILES string of the molecule is O=C=NS(=O)(=O)CC(F)=C(F)F. The zero-order valence-corrected chi connectivity index (χ0v) is 6.24. The standard InChI is InChI=1S/C4H2F3NO3S/c5-3(4(6)7)1-12(10,11)8-2-9/h1H2. The number of sulfonamides is 1. The first-order valence-electron chi connectivity index (χ1n) is 2.40. The van der Waals surface area contributed by atoms with E-state index in [1.165, 1.54) is 0 Å². The zero-order chi connectivity index (χ0) is 9.78. The van der Waals surface area contributed by atoms with Gasteiger partial charge in [-0.25, -0.2) is 17.6 Å². The molecule has 0 radical (unpaired) electrons. The van der Waals surface area contributed by atoms with Gasteiger partial charge in [-0.3, -0.25) is 0 Å². The lowest BCUT2D eigenvalue weighted by Gasteiger charge is -1.90. The van der Waals surface area contributed by atoms with Crippen LogP contribution in [0.2, 0.25) is 0 Å². The van der Waals surface area contributed by atoms with Crippen LogP contribution in [0.5, 0.6) is 0 Å². The molecule has 0 saturated heterocycles. The maximum Gasteiger partial charge on any atom is 0.302 e. The Hall–Kier alpha value is -1.14. The highest BCUT2D eigenvalue weighted by atomic mass is 32.2. The highest BCUT2D eigenvalue weighted by Gasteiger charge is 2.16. The van der Waals surface area contributed by atoms with Crippen LogP contribution in [-0.4, -0.2) is 20.3 Å². The van der Waals surface area contributed by atoms with Gasteiger partial charge in [0.1, 0.15) is 5.75 Å². The summed E-state index contributed by atoms with van der Waals surface area (Å²) in [4.78, 5) is 9.37. The molecule has 0 aliphatic rings. The van der Waals surface area contributed by atoms with Crippen LogP contribution >= 0.6 is 0 Å². The fourth-order valence-corrected chi connectivity index (χ4v) is 0.911. The first-order chi connectivity index (χ1) is 5.39. The number of isocyanates is 1. The molecule has 4 nitrogen and oxygen atoms in total. The molecule has 0 spiro atoms. The summed E-state index contributed by atoms with van der Waals surface area (Å²) in [5.41, 5.74) is 0. The van der Waals surface area contributed by atoms with Gasteiger partial charge in [-0.1, -0.05) is 4.40 Å². The van der Waals surface area contributed by atoms with E-state index in [2.05, 4.69) is 4.40 Å². The van der Waals surface area contributed by atoms with Crippen molar-refractivity contribution in [2.75, 3.05) is 5.75 Å². The molecule has 8 heteroatoms. The summed E-state index contributed by atoms with van der Waals surface area (Å²) in [6.07, 6.45) is -2.15. The van der Waals surface area contributed by atoms with Crippen LogP contribution in [0.15, 0.2) is 16.3 Å². The van der Waals surface area contributed by atoms with E-state index in [-0.39, 0.29) is 0 Å². The van der Waals surface area contributed by atoms with Crippen LogP contribution < -0.4 is 0 Å². The van der Waals surface area contributed by atoms with Crippen LogP contribution in [0.3, 0.4) is 0 Å². The molecular weight excluding hydrogens is 199 g/mol. The molecule has 0 fully saturated rings. The van der Waals surface area contributed by atoms with Gasteiger partial charge in [0.25, 0.3) is 16.1 Å². The zero-order valence-electron chi connectivity index (χ0n) is 5.42. The van der Waals surface area contributed by atoms with E-state index < -0.39 is 27.7 Å². The van der Waals surface area contributed by atoms with Crippen molar-refractivity contribution in [1.29, 1.82) is 0 Å². The Morgan fingerprint density at radius 3 is 2.17 bits per heavy atom. The van der Waals surface area contributed by atoms with Crippen LogP contribution in [0.1, 0.15) is 0 Å². The summed E-state index contributed by atoms with van der Waals surface area (Å²) in [5.74, 6) is -3.75. The summed E-state index contributed by atoms with van der Waals surface area (Å²) in [5, 5.41) is 0. The van der Waals surface area contributed by atoms with Crippen LogP contribution in [-0.2, 0) is 14.8 Å². The van der Waals surface area contributed by atoms with E-state index in [0.717, 1.165) is 0 Å². The Bertz CT molecular complexity index is 337. The smallest absolute Gasteiger partial charge is 0.210 e. The second-order valence-electron chi connectivity index (χ2n) is 1.57. The number of carbonyl (C=O) groups excluding carboxylic acids is 1. The normalized spacial score (nSPS) is 10.2. The van der Waals surface area contributed by atoms with E-state index in [9.17, 15) is 26.4 Å². The molecule has 12 heavy (non-hydrogen) atoms. The highest BCUT2D eigenvalue weighted by Crippen LogP contribution is 2.11. The minimum Gasteiger partial charge on any atom is -0.210 e. The van der Waals surface area contributed by atoms with Crippen molar-refractivity contribution < 1.29 is 26.4 Å². The molecule has 0 bridgehead atoms. The Morgan fingerprint density at radius 2 is 1.83 bits per heavy atom. The molecular formula is C4H2F3NO3S. The number of hydrogen-bond donors (Lipinski definition) is 0. The summed E-state index contributed by atoms with van der Waals surface area (Å²) in [7, 11) is -4.49. The van der Waals surface area contributed by atoms with Crippen LogP contribution in [0.4, 0.5) is 13.2 Å². The van der Waals surface area contributed by atoms with E-state index in [0.29, 0.717) is 6.08 Å². The molecule has 0 rings (SSSR count). The summed E-state index contributed by atoms with van der Waals surface area (Å²) in [6.45, 7) is 0. The highest BCUT2D eigenvalue weighted by molar-refractivity contribution is 7.90. The average molecular weight is 201 g/mol. The summed E-state index contributed by atoms with van der Waals surface area (Å²) >= 11 is 0. The molecule has 0 N–H and O–H groups in total. The van der Waals surface area contributed by atoms with Gasteiger partial charge in [-0.2, -0.15) is 8.78 Å². The van der Waals surface area contributed by atoms with Gasteiger partial charge >= 0.3 is 6.08 Å². The van der Waals surface area contributed by atoms with Gasteiger partial charge in [0.2, 0.25) is 0 Å². The molecule has 0 atom stereocenters. The van der Waals surface area contributed by atoms with E-state index in [1.807, 2.05) is 0 Å². The molecule has 0 aromatic heterocycles. The van der Waals surface area contributed by atoms with Crippen molar-refractivity contribution in [3.63, 3.8) is 0 Å². The third kappa shape index (κ3) is 3.89. The van der Waals surface area contributed by atoms with E-state index in [4.69, 9.17) is 0 Å². The lowest BCUT2D eigenvalue weighted by atomic mass is 10.7. The molecule has 0 aliphatic carbocycles. The third-order valence-corrected chi connectivity index (χ3v) is 1.66. The third-order valence-electron chi connectivity index (χ3n) is 0.691. The average Bonchev–Trinajstić information content (AvgIpc) is 1.85. The van der Waals surface area contributed by atoms with Crippen molar-refractivity contribution in [1.82, 2.24) is 0 Å². The predicted molar refractivity (Wildman–Crippen MR) is 32.3 cm³/mol. The Labute approximate surface area is 65.5 Å². The van der Waals surface area contributed by atoms with Crippen LogP contribution in [0.25, 0.3) is 0 Å². The number of rotatable bonds is 3. The van der Waals surface area contributed by atoms with Gasteiger partial charge in [0, 0.05) is 0 Å². The van der Waals surface area contributed by atoms with Gasteiger partial charge in [-0.05, 0) is 0 Å². The fraction of sp³-hybridized carbons (Fsp3) is 0.250. The second kappa shape index (κ2) is 4.03.